The summed E-state index contributed by atoms with van der Waals surface area (Å²) in [5.41, 5.74) is 1.15. The summed E-state index contributed by atoms with van der Waals surface area (Å²) in [5.74, 6) is 0.447. The summed E-state index contributed by atoms with van der Waals surface area (Å²) < 4.78 is 4.67. The van der Waals surface area contributed by atoms with E-state index in [-0.39, 0.29) is 12.4 Å². The first-order chi connectivity index (χ1) is 6.58. The number of rotatable bonds is 4. The van der Waals surface area contributed by atoms with Gasteiger partial charge in [-0.1, -0.05) is 12.1 Å². The summed E-state index contributed by atoms with van der Waals surface area (Å²) in [6.07, 6.45) is 0. The largest absolute Gasteiger partial charge is 0.707 e. The summed E-state index contributed by atoms with van der Waals surface area (Å²) in [6, 6.07) is 7.19. The normalized spacial score (nSPS) is 9.67. The molecular formula is C9H15BClNO3. The molecule has 0 heterocycles. The Balaban J connectivity index is 0.00000196. The summed E-state index contributed by atoms with van der Waals surface area (Å²) in [7, 11) is 2.22. The molecule has 0 aliphatic rings. The van der Waals surface area contributed by atoms with E-state index in [1.165, 1.54) is 0 Å². The van der Waals surface area contributed by atoms with E-state index in [4.69, 9.17) is 10.0 Å². The lowest BCUT2D eigenvalue weighted by molar-refractivity contribution is 0.288. The number of hydrogen-bond acceptors (Lipinski definition) is 4. The van der Waals surface area contributed by atoms with Gasteiger partial charge >= 0.3 is 7.32 Å². The number of halogens is 1. The van der Waals surface area contributed by atoms with Crippen molar-refractivity contribution in [3.8, 4) is 5.75 Å². The van der Waals surface area contributed by atoms with Gasteiger partial charge in [0.15, 0.2) is 0 Å². The second-order valence-electron chi connectivity index (χ2n) is 3.33. The van der Waals surface area contributed by atoms with Crippen LogP contribution < -0.4 is 4.65 Å². The molecule has 84 valence electrons. The van der Waals surface area contributed by atoms with Gasteiger partial charge in [-0.05, 0) is 31.8 Å². The third kappa shape index (κ3) is 5.64. The average molecular weight is 231 g/mol. The topological polar surface area (TPSA) is 52.9 Å². The van der Waals surface area contributed by atoms with E-state index in [2.05, 4.69) is 9.55 Å². The van der Waals surface area contributed by atoms with Crippen LogP contribution in [0.3, 0.4) is 0 Å². The van der Waals surface area contributed by atoms with Gasteiger partial charge in [-0.25, -0.2) is 0 Å². The fraction of sp³-hybridized carbons (Fsp3) is 0.333. The van der Waals surface area contributed by atoms with E-state index in [9.17, 15) is 0 Å². The standard InChI is InChI=1S/C9H14BNO3.ClH/c1-11(2)7-8-3-5-9(6-4-8)14-10(12)13;/h3-6,12-13H,7H2,1-2H3;1H. The van der Waals surface area contributed by atoms with Crippen molar-refractivity contribution in [3.63, 3.8) is 0 Å². The molecule has 0 aliphatic carbocycles. The fourth-order valence-corrected chi connectivity index (χ4v) is 1.16. The minimum absolute atomic E-state index is 0. The molecule has 1 rings (SSSR count). The Labute approximate surface area is 96.1 Å². The quantitative estimate of drug-likeness (QED) is 0.742. The van der Waals surface area contributed by atoms with Crippen LogP contribution in [0.15, 0.2) is 24.3 Å². The summed E-state index contributed by atoms with van der Waals surface area (Å²) >= 11 is 0. The highest BCUT2D eigenvalue weighted by molar-refractivity contribution is 6.33. The molecule has 0 amide bonds. The van der Waals surface area contributed by atoms with Crippen LogP contribution in [0.1, 0.15) is 5.56 Å². The molecule has 0 saturated heterocycles. The maximum atomic E-state index is 8.55. The second-order valence-corrected chi connectivity index (χ2v) is 3.33. The predicted octanol–water partition coefficient (Wildman–Crippen LogP) is 0.518. The van der Waals surface area contributed by atoms with Crippen molar-refractivity contribution in [2.24, 2.45) is 0 Å². The van der Waals surface area contributed by atoms with Crippen molar-refractivity contribution in [1.29, 1.82) is 0 Å². The smallest absolute Gasteiger partial charge is 0.512 e. The van der Waals surface area contributed by atoms with Gasteiger partial charge in [0.05, 0.1) is 0 Å². The Hall–Kier alpha value is -0.745. The van der Waals surface area contributed by atoms with E-state index >= 15 is 0 Å². The van der Waals surface area contributed by atoms with Gasteiger partial charge in [-0.2, -0.15) is 0 Å². The fourth-order valence-electron chi connectivity index (χ4n) is 1.16. The summed E-state index contributed by atoms with van der Waals surface area (Å²) in [6.45, 7) is 0.849. The van der Waals surface area contributed by atoms with Crippen LogP contribution in [-0.2, 0) is 6.54 Å². The molecule has 0 unspecified atom stereocenters. The Bertz CT molecular complexity index is 250. The number of nitrogens with zero attached hydrogens (tertiary/aromatic N) is 1. The minimum atomic E-state index is -1.75. The number of benzene rings is 1. The first kappa shape index (κ1) is 14.3. The molecule has 1 aromatic carbocycles. The van der Waals surface area contributed by atoms with Crippen molar-refractivity contribution < 1.29 is 14.7 Å². The Morgan fingerprint density at radius 2 is 1.73 bits per heavy atom. The van der Waals surface area contributed by atoms with Gasteiger partial charge in [0.2, 0.25) is 0 Å². The zero-order valence-corrected chi connectivity index (χ0v) is 9.57. The summed E-state index contributed by atoms with van der Waals surface area (Å²) in [5, 5.41) is 17.1. The predicted molar refractivity (Wildman–Crippen MR) is 61.9 cm³/mol. The first-order valence-corrected chi connectivity index (χ1v) is 4.34. The molecule has 0 spiro atoms. The van der Waals surface area contributed by atoms with Crippen molar-refractivity contribution in [2.45, 2.75) is 6.54 Å². The zero-order chi connectivity index (χ0) is 10.6. The van der Waals surface area contributed by atoms with Crippen LogP contribution >= 0.6 is 12.4 Å². The molecule has 6 heteroatoms. The minimum Gasteiger partial charge on any atom is -0.512 e. The van der Waals surface area contributed by atoms with E-state index in [1.54, 1.807) is 12.1 Å². The molecule has 0 radical (unpaired) electrons. The molecule has 0 atom stereocenters. The molecule has 2 N–H and O–H groups in total. The molecule has 1 aromatic rings. The van der Waals surface area contributed by atoms with Crippen LogP contribution in [0.5, 0.6) is 5.75 Å². The lowest BCUT2D eigenvalue weighted by atomic mass is 10.2. The lowest BCUT2D eigenvalue weighted by Crippen LogP contribution is -2.20. The molecular weight excluding hydrogens is 216 g/mol. The molecule has 0 aliphatic heterocycles. The Morgan fingerprint density at radius 3 is 2.13 bits per heavy atom. The molecule has 0 fully saturated rings. The highest BCUT2D eigenvalue weighted by atomic mass is 35.5. The van der Waals surface area contributed by atoms with Gasteiger partial charge in [0.1, 0.15) is 5.75 Å². The maximum Gasteiger partial charge on any atom is 0.707 e. The van der Waals surface area contributed by atoms with Crippen molar-refractivity contribution >= 4 is 19.7 Å². The molecule has 0 aromatic heterocycles. The molecule has 4 nitrogen and oxygen atoms in total. The van der Waals surface area contributed by atoms with Gasteiger partial charge in [-0.3, -0.25) is 0 Å². The van der Waals surface area contributed by atoms with E-state index in [1.807, 2.05) is 26.2 Å². The van der Waals surface area contributed by atoms with Gasteiger partial charge in [-0.15, -0.1) is 12.4 Å². The molecule has 15 heavy (non-hydrogen) atoms. The van der Waals surface area contributed by atoms with E-state index in [0.29, 0.717) is 5.75 Å². The third-order valence-corrected chi connectivity index (χ3v) is 1.66. The highest BCUT2D eigenvalue weighted by Crippen LogP contribution is 2.12. The Morgan fingerprint density at radius 1 is 1.20 bits per heavy atom. The van der Waals surface area contributed by atoms with E-state index in [0.717, 1.165) is 12.1 Å². The molecule has 0 bridgehead atoms. The SMILES string of the molecule is CN(C)Cc1ccc(OB(O)O)cc1.Cl. The summed E-state index contributed by atoms with van der Waals surface area (Å²) in [4.78, 5) is 2.05. The lowest BCUT2D eigenvalue weighted by Gasteiger charge is -2.10. The van der Waals surface area contributed by atoms with E-state index < -0.39 is 7.32 Å². The average Bonchev–Trinajstić information content (AvgIpc) is 2.06. The second kappa shape index (κ2) is 6.69. The zero-order valence-electron chi connectivity index (χ0n) is 8.75. The maximum absolute atomic E-state index is 8.55. The monoisotopic (exact) mass is 231 g/mol. The molecule has 0 saturated carbocycles. The van der Waals surface area contributed by atoms with Crippen molar-refractivity contribution in [2.75, 3.05) is 14.1 Å². The van der Waals surface area contributed by atoms with Crippen LogP contribution in [0.25, 0.3) is 0 Å². The number of hydrogen-bond donors (Lipinski definition) is 2. The van der Waals surface area contributed by atoms with Gasteiger partial charge < -0.3 is 19.6 Å². The first-order valence-electron chi connectivity index (χ1n) is 4.34. The van der Waals surface area contributed by atoms with Gasteiger partial charge in [0.25, 0.3) is 0 Å². The third-order valence-electron chi connectivity index (χ3n) is 1.66. The Kier molecular flexibility index (Phi) is 6.35. The van der Waals surface area contributed by atoms with Crippen LogP contribution in [0.2, 0.25) is 0 Å². The van der Waals surface area contributed by atoms with Crippen LogP contribution in [0, 0.1) is 0 Å². The van der Waals surface area contributed by atoms with Crippen LogP contribution in [-0.4, -0.2) is 36.4 Å². The van der Waals surface area contributed by atoms with Crippen LogP contribution in [0.4, 0.5) is 0 Å². The van der Waals surface area contributed by atoms with Gasteiger partial charge in [0, 0.05) is 6.54 Å². The highest BCUT2D eigenvalue weighted by Gasteiger charge is 2.10. The van der Waals surface area contributed by atoms with Crippen molar-refractivity contribution in [1.82, 2.24) is 4.90 Å². The van der Waals surface area contributed by atoms with Crippen molar-refractivity contribution in [3.05, 3.63) is 29.8 Å².